The Kier molecular flexibility index (Phi) is 4.69. The summed E-state index contributed by atoms with van der Waals surface area (Å²) in [4.78, 5) is 2.19. The van der Waals surface area contributed by atoms with Crippen LogP contribution in [0, 0.1) is 0 Å². The van der Waals surface area contributed by atoms with E-state index >= 15 is 0 Å². The number of benzene rings is 2. The Balaban J connectivity index is 2.23. The molecule has 100 valence electrons. The Labute approximate surface area is 119 Å². The largest absolute Gasteiger partial charge is 0.496 e. The second-order valence-electron chi connectivity index (χ2n) is 4.43. The molecule has 2 aromatic carbocycles. The first-order chi connectivity index (χ1) is 9.26. The van der Waals surface area contributed by atoms with Crippen LogP contribution >= 0.6 is 11.6 Å². The van der Waals surface area contributed by atoms with Crippen molar-refractivity contribution in [3.63, 3.8) is 0 Å². The van der Waals surface area contributed by atoms with Crippen LogP contribution < -0.4 is 9.64 Å². The highest BCUT2D eigenvalue weighted by molar-refractivity contribution is 6.17. The molecule has 0 heterocycles. The standard InChI is InChI=1S/C16H18ClNO/c1-18(15-9-5-3-7-13(15)11-17)12-14-8-4-6-10-16(14)19-2/h3-10H,11-12H2,1-2H3. The van der Waals surface area contributed by atoms with Crippen LogP contribution in [0.25, 0.3) is 0 Å². The maximum absolute atomic E-state index is 5.99. The fourth-order valence-electron chi connectivity index (χ4n) is 2.17. The highest BCUT2D eigenvalue weighted by Crippen LogP contribution is 2.25. The molecular formula is C16H18ClNO. The summed E-state index contributed by atoms with van der Waals surface area (Å²) >= 11 is 5.99. The minimum Gasteiger partial charge on any atom is -0.496 e. The molecule has 0 saturated heterocycles. The Morgan fingerprint density at radius 1 is 1.00 bits per heavy atom. The van der Waals surface area contributed by atoms with Gasteiger partial charge in [-0.3, -0.25) is 0 Å². The maximum Gasteiger partial charge on any atom is 0.123 e. The van der Waals surface area contributed by atoms with Crippen LogP contribution in [0.5, 0.6) is 5.75 Å². The summed E-state index contributed by atoms with van der Waals surface area (Å²) in [5.74, 6) is 1.43. The van der Waals surface area contributed by atoms with Gasteiger partial charge in [0.1, 0.15) is 5.75 Å². The summed E-state index contributed by atoms with van der Waals surface area (Å²) in [6.07, 6.45) is 0. The van der Waals surface area contributed by atoms with E-state index < -0.39 is 0 Å². The van der Waals surface area contributed by atoms with E-state index in [1.165, 1.54) is 0 Å². The molecule has 0 bridgehead atoms. The monoisotopic (exact) mass is 275 g/mol. The van der Waals surface area contributed by atoms with Gasteiger partial charge in [0.15, 0.2) is 0 Å². The van der Waals surface area contributed by atoms with E-state index in [0.717, 1.165) is 29.1 Å². The van der Waals surface area contributed by atoms with Crippen molar-refractivity contribution < 1.29 is 4.74 Å². The molecule has 0 aliphatic heterocycles. The highest BCUT2D eigenvalue weighted by atomic mass is 35.5. The molecule has 2 rings (SSSR count). The van der Waals surface area contributed by atoms with Gasteiger partial charge in [-0.25, -0.2) is 0 Å². The summed E-state index contributed by atoms with van der Waals surface area (Å²) in [7, 11) is 3.77. The van der Waals surface area contributed by atoms with Crippen molar-refractivity contribution in [2.75, 3.05) is 19.1 Å². The lowest BCUT2D eigenvalue weighted by Gasteiger charge is -2.23. The van der Waals surface area contributed by atoms with Crippen molar-refractivity contribution in [2.45, 2.75) is 12.4 Å². The van der Waals surface area contributed by atoms with E-state index in [-0.39, 0.29) is 0 Å². The molecule has 0 aromatic heterocycles. The number of methoxy groups -OCH3 is 1. The van der Waals surface area contributed by atoms with Gasteiger partial charge in [-0.2, -0.15) is 0 Å². The first-order valence-electron chi connectivity index (χ1n) is 6.23. The van der Waals surface area contributed by atoms with Gasteiger partial charge in [0.05, 0.1) is 7.11 Å². The van der Waals surface area contributed by atoms with Crippen molar-refractivity contribution in [1.29, 1.82) is 0 Å². The SMILES string of the molecule is COc1ccccc1CN(C)c1ccccc1CCl. The van der Waals surface area contributed by atoms with Crippen LogP contribution in [0.1, 0.15) is 11.1 Å². The number of anilines is 1. The molecule has 0 saturated carbocycles. The number of alkyl halides is 1. The average molecular weight is 276 g/mol. The molecule has 3 heteroatoms. The van der Waals surface area contributed by atoms with Gasteiger partial charge in [0.2, 0.25) is 0 Å². The normalized spacial score (nSPS) is 10.3. The highest BCUT2D eigenvalue weighted by Gasteiger charge is 2.09. The molecule has 0 radical (unpaired) electrons. The lowest BCUT2D eigenvalue weighted by molar-refractivity contribution is 0.409. The predicted octanol–water partition coefficient (Wildman–Crippen LogP) is 4.07. The Bertz CT molecular complexity index is 542. The minimum absolute atomic E-state index is 0.520. The average Bonchev–Trinajstić information content (AvgIpc) is 2.47. The summed E-state index contributed by atoms with van der Waals surface area (Å²) in [6, 6.07) is 16.3. The summed E-state index contributed by atoms with van der Waals surface area (Å²) in [5.41, 5.74) is 3.46. The number of halogens is 1. The second kappa shape index (κ2) is 6.48. The Morgan fingerprint density at radius 2 is 1.63 bits per heavy atom. The Morgan fingerprint density at radius 3 is 2.32 bits per heavy atom. The predicted molar refractivity (Wildman–Crippen MR) is 81.1 cm³/mol. The van der Waals surface area contributed by atoms with Gasteiger partial charge >= 0.3 is 0 Å². The first kappa shape index (κ1) is 13.8. The molecule has 0 atom stereocenters. The third-order valence-electron chi connectivity index (χ3n) is 3.15. The van der Waals surface area contributed by atoms with Gasteiger partial charge in [-0.15, -0.1) is 11.6 Å². The maximum atomic E-state index is 5.99. The van der Waals surface area contributed by atoms with Crippen LogP contribution in [-0.2, 0) is 12.4 Å². The van der Waals surface area contributed by atoms with E-state index in [4.69, 9.17) is 16.3 Å². The lowest BCUT2D eigenvalue weighted by Crippen LogP contribution is -2.18. The third kappa shape index (κ3) is 3.21. The van der Waals surface area contributed by atoms with Crippen LogP contribution in [0.3, 0.4) is 0 Å². The Hall–Kier alpha value is -1.67. The fraction of sp³-hybridized carbons (Fsp3) is 0.250. The van der Waals surface area contributed by atoms with Crippen molar-refractivity contribution in [2.24, 2.45) is 0 Å². The summed E-state index contributed by atoms with van der Waals surface area (Å²) < 4.78 is 5.39. The number of para-hydroxylation sites is 2. The summed E-state index contributed by atoms with van der Waals surface area (Å²) in [5, 5.41) is 0. The van der Waals surface area contributed by atoms with E-state index in [9.17, 15) is 0 Å². The van der Waals surface area contributed by atoms with Crippen molar-refractivity contribution in [3.05, 3.63) is 59.7 Å². The van der Waals surface area contributed by atoms with E-state index in [1.807, 2.05) is 30.3 Å². The molecule has 0 N–H and O–H groups in total. The zero-order valence-electron chi connectivity index (χ0n) is 11.3. The summed E-state index contributed by atoms with van der Waals surface area (Å²) in [6.45, 7) is 0.790. The van der Waals surface area contributed by atoms with Crippen molar-refractivity contribution >= 4 is 17.3 Å². The molecule has 0 amide bonds. The van der Waals surface area contributed by atoms with Crippen molar-refractivity contribution in [1.82, 2.24) is 0 Å². The van der Waals surface area contributed by atoms with Gasteiger partial charge in [-0.05, 0) is 17.7 Å². The number of nitrogens with zero attached hydrogens (tertiary/aromatic N) is 1. The number of hydrogen-bond acceptors (Lipinski definition) is 2. The molecule has 0 unspecified atom stereocenters. The van der Waals surface area contributed by atoms with Gasteiger partial charge < -0.3 is 9.64 Å². The molecule has 2 aromatic rings. The smallest absolute Gasteiger partial charge is 0.123 e. The lowest BCUT2D eigenvalue weighted by atomic mass is 10.1. The minimum atomic E-state index is 0.520. The van der Waals surface area contributed by atoms with E-state index in [0.29, 0.717) is 5.88 Å². The quantitative estimate of drug-likeness (QED) is 0.763. The van der Waals surface area contributed by atoms with Crippen LogP contribution in [0.2, 0.25) is 0 Å². The van der Waals surface area contributed by atoms with Crippen LogP contribution in [-0.4, -0.2) is 14.2 Å². The zero-order valence-corrected chi connectivity index (χ0v) is 12.0. The molecule has 2 nitrogen and oxygen atoms in total. The molecule has 0 fully saturated rings. The molecular weight excluding hydrogens is 258 g/mol. The van der Waals surface area contributed by atoms with Crippen LogP contribution in [0.4, 0.5) is 5.69 Å². The van der Waals surface area contributed by atoms with E-state index in [2.05, 4.69) is 30.1 Å². The van der Waals surface area contributed by atoms with Gasteiger partial charge in [0, 0.05) is 30.7 Å². The number of rotatable bonds is 5. The molecule has 0 aliphatic rings. The van der Waals surface area contributed by atoms with Crippen molar-refractivity contribution in [3.8, 4) is 5.75 Å². The topological polar surface area (TPSA) is 12.5 Å². The molecule has 19 heavy (non-hydrogen) atoms. The van der Waals surface area contributed by atoms with Gasteiger partial charge in [0.25, 0.3) is 0 Å². The number of hydrogen-bond donors (Lipinski definition) is 0. The molecule has 0 aliphatic carbocycles. The first-order valence-corrected chi connectivity index (χ1v) is 6.76. The van der Waals surface area contributed by atoms with Gasteiger partial charge in [-0.1, -0.05) is 36.4 Å². The zero-order chi connectivity index (χ0) is 13.7. The fourth-order valence-corrected chi connectivity index (χ4v) is 2.40. The van der Waals surface area contributed by atoms with E-state index in [1.54, 1.807) is 7.11 Å². The van der Waals surface area contributed by atoms with Crippen LogP contribution in [0.15, 0.2) is 48.5 Å². The second-order valence-corrected chi connectivity index (χ2v) is 4.70. The number of ether oxygens (including phenoxy) is 1. The molecule has 0 spiro atoms. The third-order valence-corrected chi connectivity index (χ3v) is 3.43.